The number of likely N-dealkylation sites (tertiary alicyclic amines) is 1. The third-order valence-corrected chi connectivity index (χ3v) is 5.85. The third-order valence-electron chi connectivity index (χ3n) is 5.85. The average molecular weight is 379 g/mol. The number of ether oxygens (including phenoxy) is 2. The second-order valence-corrected chi connectivity index (χ2v) is 7.55. The van der Waals surface area contributed by atoms with Crippen LogP contribution in [0.4, 0.5) is 0 Å². The number of carbonyl (C=O) groups is 2. The van der Waals surface area contributed by atoms with Gasteiger partial charge in [-0.1, -0.05) is 18.2 Å². The van der Waals surface area contributed by atoms with E-state index < -0.39 is 0 Å². The average Bonchev–Trinajstić information content (AvgIpc) is 3.34. The summed E-state index contributed by atoms with van der Waals surface area (Å²) in [5.41, 5.74) is 3.55. The molecule has 0 bridgehead atoms. The van der Waals surface area contributed by atoms with E-state index >= 15 is 0 Å². The van der Waals surface area contributed by atoms with Gasteiger partial charge in [0.25, 0.3) is 5.91 Å². The van der Waals surface area contributed by atoms with Gasteiger partial charge in [-0.2, -0.15) is 0 Å². The summed E-state index contributed by atoms with van der Waals surface area (Å²) in [5, 5.41) is 0. The van der Waals surface area contributed by atoms with Crippen molar-refractivity contribution >= 4 is 11.7 Å². The highest BCUT2D eigenvalue weighted by atomic mass is 16.5. The molecule has 1 heterocycles. The summed E-state index contributed by atoms with van der Waals surface area (Å²) >= 11 is 0. The number of hydrogen-bond acceptors (Lipinski definition) is 4. The lowest BCUT2D eigenvalue weighted by molar-refractivity contribution is 0.0786. The maximum Gasteiger partial charge on any atom is 0.254 e. The van der Waals surface area contributed by atoms with E-state index in [-0.39, 0.29) is 11.7 Å². The van der Waals surface area contributed by atoms with Gasteiger partial charge in [-0.05, 0) is 54.5 Å². The first-order chi connectivity index (χ1) is 13.6. The summed E-state index contributed by atoms with van der Waals surface area (Å²) in [6.07, 6.45) is 3.07. The van der Waals surface area contributed by atoms with Gasteiger partial charge in [0.15, 0.2) is 17.3 Å². The fraction of sp³-hybridized carbons (Fsp3) is 0.391. The number of nitrogens with zero attached hydrogens (tertiary/aromatic N) is 1. The van der Waals surface area contributed by atoms with E-state index in [9.17, 15) is 9.59 Å². The fourth-order valence-corrected chi connectivity index (χ4v) is 4.39. The molecule has 5 nitrogen and oxygen atoms in total. The van der Waals surface area contributed by atoms with E-state index in [1.165, 1.54) is 5.56 Å². The van der Waals surface area contributed by atoms with Crippen molar-refractivity contribution in [2.45, 2.75) is 25.7 Å². The summed E-state index contributed by atoms with van der Waals surface area (Å²) in [6, 6.07) is 11.5. The molecule has 1 unspecified atom stereocenters. The molecular weight excluding hydrogens is 354 g/mol. The van der Waals surface area contributed by atoms with Crippen LogP contribution in [0.5, 0.6) is 11.5 Å². The van der Waals surface area contributed by atoms with Crippen LogP contribution in [0.1, 0.15) is 44.7 Å². The van der Waals surface area contributed by atoms with Gasteiger partial charge < -0.3 is 14.4 Å². The molecule has 1 fully saturated rings. The molecule has 1 aliphatic carbocycles. The molecular formula is C23H25NO4. The Balaban J connectivity index is 1.45. The Morgan fingerprint density at radius 1 is 1.11 bits per heavy atom. The molecule has 1 aliphatic heterocycles. The summed E-state index contributed by atoms with van der Waals surface area (Å²) < 4.78 is 10.7. The Morgan fingerprint density at radius 3 is 2.71 bits per heavy atom. The Kier molecular flexibility index (Phi) is 5.07. The van der Waals surface area contributed by atoms with Gasteiger partial charge in [-0.15, -0.1) is 0 Å². The van der Waals surface area contributed by atoms with Crippen LogP contribution in [-0.4, -0.2) is 43.9 Å². The summed E-state index contributed by atoms with van der Waals surface area (Å²) in [5.74, 6) is 2.08. The van der Waals surface area contributed by atoms with Crippen LogP contribution in [0.15, 0.2) is 36.4 Å². The van der Waals surface area contributed by atoms with Crippen molar-refractivity contribution in [3.8, 4) is 11.5 Å². The number of hydrogen-bond donors (Lipinski definition) is 0. The maximum atomic E-state index is 13.1. The molecule has 0 N–H and O–H groups in total. The monoisotopic (exact) mass is 379 g/mol. The van der Waals surface area contributed by atoms with Gasteiger partial charge in [-0.25, -0.2) is 0 Å². The molecule has 1 amide bonds. The predicted octanol–water partition coefficient (Wildman–Crippen LogP) is 3.54. The van der Waals surface area contributed by atoms with Crippen molar-refractivity contribution in [3.63, 3.8) is 0 Å². The number of Topliss-reactive ketones (excluding diaryl/α,β-unsaturated/α-hetero) is 1. The van der Waals surface area contributed by atoms with Crippen LogP contribution < -0.4 is 9.47 Å². The highest BCUT2D eigenvalue weighted by Gasteiger charge is 2.31. The first kappa shape index (κ1) is 18.5. The number of fused-ring (bicyclic) bond motifs is 1. The minimum Gasteiger partial charge on any atom is -0.493 e. The summed E-state index contributed by atoms with van der Waals surface area (Å²) in [7, 11) is 3.27. The summed E-state index contributed by atoms with van der Waals surface area (Å²) in [6.45, 7) is 1.50. The number of carbonyl (C=O) groups excluding carboxylic acids is 2. The third kappa shape index (κ3) is 3.37. The zero-order valence-electron chi connectivity index (χ0n) is 16.4. The van der Waals surface area contributed by atoms with E-state index in [1.807, 2.05) is 35.2 Å². The molecule has 4 rings (SSSR count). The molecule has 0 radical (unpaired) electrons. The Morgan fingerprint density at radius 2 is 1.93 bits per heavy atom. The first-order valence-corrected chi connectivity index (χ1v) is 9.76. The number of rotatable bonds is 5. The van der Waals surface area contributed by atoms with Gasteiger partial charge in [0.2, 0.25) is 0 Å². The van der Waals surface area contributed by atoms with Crippen LogP contribution >= 0.6 is 0 Å². The molecule has 0 saturated carbocycles. The van der Waals surface area contributed by atoms with Crippen LogP contribution in [0.2, 0.25) is 0 Å². The topological polar surface area (TPSA) is 55.8 Å². The fourth-order valence-electron chi connectivity index (χ4n) is 4.39. The minimum absolute atomic E-state index is 0.0568. The number of ketones is 1. The molecule has 0 spiro atoms. The van der Waals surface area contributed by atoms with E-state index in [2.05, 4.69) is 6.07 Å². The van der Waals surface area contributed by atoms with Crippen molar-refractivity contribution in [1.82, 2.24) is 4.90 Å². The van der Waals surface area contributed by atoms with Crippen molar-refractivity contribution in [3.05, 3.63) is 58.7 Å². The highest BCUT2D eigenvalue weighted by Crippen LogP contribution is 2.31. The standard InChI is InChI=1S/C23H25NO4/c1-27-21-9-6-15(13-22(21)28-2)12-16-10-11-24(14-16)23(26)19-5-3-4-18-17(19)7-8-20(18)25/h3-6,9,13,16H,7-8,10-12,14H2,1-2H3. The zero-order chi connectivity index (χ0) is 19.7. The SMILES string of the molecule is COc1ccc(CC2CCN(C(=O)c3cccc4c3CCC4=O)C2)cc1OC. The van der Waals surface area contributed by atoms with Crippen molar-refractivity contribution < 1.29 is 19.1 Å². The van der Waals surface area contributed by atoms with Gasteiger partial charge in [-0.3, -0.25) is 9.59 Å². The lowest BCUT2D eigenvalue weighted by Gasteiger charge is -2.18. The van der Waals surface area contributed by atoms with Gasteiger partial charge in [0, 0.05) is 30.6 Å². The quantitative estimate of drug-likeness (QED) is 0.797. The number of benzene rings is 2. The Hall–Kier alpha value is -2.82. The lowest BCUT2D eigenvalue weighted by Crippen LogP contribution is -2.29. The Labute approximate surface area is 165 Å². The second-order valence-electron chi connectivity index (χ2n) is 7.55. The molecule has 28 heavy (non-hydrogen) atoms. The highest BCUT2D eigenvalue weighted by molar-refractivity contribution is 6.05. The van der Waals surface area contributed by atoms with Crippen LogP contribution in [0.3, 0.4) is 0 Å². The summed E-state index contributed by atoms with van der Waals surface area (Å²) in [4.78, 5) is 27.0. The molecule has 2 aromatic carbocycles. The van der Waals surface area contributed by atoms with Crippen LogP contribution in [0, 0.1) is 5.92 Å². The van der Waals surface area contributed by atoms with Crippen molar-refractivity contribution in [2.75, 3.05) is 27.3 Å². The van der Waals surface area contributed by atoms with E-state index in [4.69, 9.17) is 9.47 Å². The number of amides is 1. The Bertz CT molecular complexity index is 921. The molecule has 2 aromatic rings. The molecule has 1 atom stereocenters. The zero-order valence-corrected chi connectivity index (χ0v) is 16.4. The molecule has 2 aliphatic rings. The largest absolute Gasteiger partial charge is 0.493 e. The predicted molar refractivity (Wildman–Crippen MR) is 106 cm³/mol. The second kappa shape index (κ2) is 7.66. The molecule has 5 heteroatoms. The minimum atomic E-state index is 0.0568. The van der Waals surface area contributed by atoms with Crippen LogP contribution in [-0.2, 0) is 12.8 Å². The normalized spacial score (nSPS) is 18.3. The number of methoxy groups -OCH3 is 2. The van der Waals surface area contributed by atoms with Crippen LogP contribution in [0.25, 0.3) is 0 Å². The first-order valence-electron chi connectivity index (χ1n) is 9.76. The smallest absolute Gasteiger partial charge is 0.254 e. The van der Waals surface area contributed by atoms with E-state index in [0.717, 1.165) is 48.6 Å². The molecule has 1 saturated heterocycles. The lowest BCUT2D eigenvalue weighted by atomic mass is 9.98. The molecule has 0 aromatic heterocycles. The van der Waals surface area contributed by atoms with Gasteiger partial charge in [0.05, 0.1) is 14.2 Å². The van der Waals surface area contributed by atoms with Crippen molar-refractivity contribution in [2.24, 2.45) is 5.92 Å². The van der Waals surface area contributed by atoms with Crippen molar-refractivity contribution in [1.29, 1.82) is 0 Å². The van der Waals surface area contributed by atoms with Gasteiger partial charge in [0.1, 0.15) is 0 Å². The van der Waals surface area contributed by atoms with Gasteiger partial charge >= 0.3 is 0 Å². The molecule has 146 valence electrons. The van der Waals surface area contributed by atoms with E-state index in [1.54, 1.807) is 14.2 Å². The maximum absolute atomic E-state index is 13.1. The van der Waals surface area contributed by atoms with E-state index in [0.29, 0.717) is 24.3 Å².